The maximum atomic E-state index is 11.6. The van der Waals surface area contributed by atoms with E-state index in [9.17, 15) is 8.42 Å². The molecule has 0 aromatic carbocycles. The molecular weight excluding hydrogens is 248 g/mol. The van der Waals surface area contributed by atoms with Gasteiger partial charge in [0.25, 0.3) is 0 Å². The Morgan fingerprint density at radius 3 is 2.06 bits per heavy atom. The van der Waals surface area contributed by atoms with Gasteiger partial charge in [0.15, 0.2) is 0 Å². The Labute approximate surface area is 106 Å². The Morgan fingerprint density at radius 1 is 1.19 bits per heavy atom. The molecule has 0 rings (SSSR count). The van der Waals surface area contributed by atoms with E-state index in [0.29, 0.717) is 6.54 Å². The zero-order chi connectivity index (χ0) is 11.9. The largest absolute Gasteiger partial charge is 0.316 e. The summed E-state index contributed by atoms with van der Waals surface area (Å²) in [6, 6.07) is 0.168. The predicted octanol–water partition coefficient (Wildman–Crippen LogP) is 1.37. The first-order valence-electron chi connectivity index (χ1n) is 5.59. The normalized spacial score (nSPS) is 13.6. The summed E-state index contributed by atoms with van der Waals surface area (Å²) >= 11 is 0. The van der Waals surface area contributed by atoms with Crippen LogP contribution in [0.1, 0.15) is 33.6 Å². The standard InChI is InChI=1S/C10H24N2O2S.ClH/c1-5-10(6-2)8-15(13,14)12-7-9(3)11-4;/h9-12H,5-8H2,1-4H3;1H. The van der Waals surface area contributed by atoms with Crippen molar-refractivity contribution in [3.8, 4) is 0 Å². The number of hydrogen-bond acceptors (Lipinski definition) is 3. The molecule has 16 heavy (non-hydrogen) atoms. The topological polar surface area (TPSA) is 58.2 Å². The van der Waals surface area contributed by atoms with Crippen LogP contribution in [0.2, 0.25) is 0 Å². The molecule has 0 aromatic heterocycles. The molecule has 0 aliphatic carbocycles. The second-order valence-electron chi connectivity index (χ2n) is 4.00. The minimum Gasteiger partial charge on any atom is -0.316 e. The Hall–Kier alpha value is 0.160. The van der Waals surface area contributed by atoms with Crippen LogP contribution in [-0.2, 0) is 10.0 Å². The summed E-state index contributed by atoms with van der Waals surface area (Å²) in [5, 5.41) is 2.99. The first-order chi connectivity index (χ1) is 6.95. The Bertz CT molecular complexity index is 254. The summed E-state index contributed by atoms with van der Waals surface area (Å²) in [7, 11) is -1.28. The van der Waals surface area contributed by atoms with Gasteiger partial charge in [0.2, 0.25) is 10.0 Å². The summed E-state index contributed by atoms with van der Waals surface area (Å²) < 4.78 is 25.9. The van der Waals surface area contributed by atoms with E-state index < -0.39 is 10.0 Å². The highest BCUT2D eigenvalue weighted by molar-refractivity contribution is 7.89. The molecule has 0 heterocycles. The molecule has 4 nitrogen and oxygen atoms in total. The van der Waals surface area contributed by atoms with Crippen LogP contribution < -0.4 is 10.0 Å². The van der Waals surface area contributed by atoms with Crippen molar-refractivity contribution in [1.82, 2.24) is 10.0 Å². The van der Waals surface area contributed by atoms with Gasteiger partial charge in [-0.3, -0.25) is 0 Å². The molecule has 2 N–H and O–H groups in total. The summed E-state index contributed by atoms with van der Waals surface area (Å²) in [5.74, 6) is 0.517. The third kappa shape index (κ3) is 8.33. The van der Waals surface area contributed by atoms with E-state index in [1.807, 2.05) is 27.8 Å². The number of rotatable bonds is 8. The highest BCUT2D eigenvalue weighted by atomic mass is 35.5. The molecule has 0 aromatic rings. The molecule has 0 radical (unpaired) electrons. The van der Waals surface area contributed by atoms with E-state index in [1.165, 1.54) is 0 Å². The van der Waals surface area contributed by atoms with E-state index >= 15 is 0 Å². The fraction of sp³-hybridized carbons (Fsp3) is 1.00. The number of nitrogens with one attached hydrogen (secondary N) is 2. The molecule has 1 unspecified atom stereocenters. The average molecular weight is 273 g/mol. The number of hydrogen-bond donors (Lipinski definition) is 2. The molecule has 0 amide bonds. The molecule has 0 saturated carbocycles. The van der Waals surface area contributed by atoms with Crippen LogP contribution in [0.15, 0.2) is 0 Å². The summed E-state index contributed by atoms with van der Waals surface area (Å²) in [6.07, 6.45) is 1.83. The van der Waals surface area contributed by atoms with Crippen LogP contribution in [0, 0.1) is 5.92 Å². The van der Waals surface area contributed by atoms with Gasteiger partial charge in [-0.15, -0.1) is 12.4 Å². The summed E-state index contributed by atoms with van der Waals surface area (Å²) in [4.78, 5) is 0. The number of halogens is 1. The summed E-state index contributed by atoms with van der Waals surface area (Å²) in [5.41, 5.74) is 0. The van der Waals surface area contributed by atoms with Gasteiger partial charge in [0.05, 0.1) is 5.75 Å². The molecule has 0 aliphatic heterocycles. The SMILES string of the molecule is CCC(CC)CS(=O)(=O)NCC(C)NC.Cl. The molecule has 0 aliphatic rings. The molecular formula is C10H25ClN2O2S. The Morgan fingerprint density at radius 2 is 1.69 bits per heavy atom. The highest BCUT2D eigenvalue weighted by Gasteiger charge is 2.16. The maximum Gasteiger partial charge on any atom is 0.211 e. The van der Waals surface area contributed by atoms with E-state index in [4.69, 9.17) is 0 Å². The Kier molecular flexibility index (Phi) is 10.7. The quantitative estimate of drug-likeness (QED) is 0.702. The van der Waals surface area contributed by atoms with Crippen LogP contribution in [0.4, 0.5) is 0 Å². The van der Waals surface area contributed by atoms with Crippen LogP contribution in [0.5, 0.6) is 0 Å². The van der Waals surface area contributed by atoms with E-state index in [-0.39, 0.29) is 30.1 Å². The van der Waals surface area contributed by atoms with Gasteiger partial charge >= 0.3 is 0 Å². The zero-order valence-electron chi connectivity index (χ0n) is 10.6. The van der Waals surface area contributed by atoms with E-state index in [1.54, 1.807) is 0 Å². The molecule has 0 spiro atoms. The lowest BCUT2D eigenvalue weighted by atomic mass is 10.1. The molecule has 0 bridgehead atoms. The molecule has 6 heteroatoms. The maximum absolute atomic E-state index is 11.6. The molecule has 1 atom stereocenters. The van der Waals surface area contributed by atoms with Gasteiger partial charge in [-0.25, -0.2) is 13.1 Å². The van der Waals surface area contributed by atoms with Crippen LogP contribution in [-0.4, -0.2) is 33.8 Å². The van der Waals surface area contributed by atoms with Crippen molar-refractivity contribution in [3.05, 3.63) is 0 Å². The number of likely N-dealkylation sites (N-methyl/N-ethyl adjacent to an activating group) is 1. The lowest BCUT2D eigenvalue weighted by molar-refractivity contribution is 0.510. The molecule has 100 valence electrons. The van der Waals surface area contributed by atoms with Gasteiger partial charge in [0.1, 0.15) is 0 Å². The van der Waals surface area contributed by atoms with Crippen molar-refractivity contribution in [1.29, 1.82) is 0 Å². The van der Waals surface area contributed by atoms with Gasteiger partial charge in [-0.05, 0) is 19.9 Å². The molecule has 0 saturated heterocycles. The predicted molar refractivity (Wildman–Crippen MR) is 71.6 cm³/mol. The lowest BCUT2D eigenvalue weighted by Crippen LogP contribution is -2.39. The van der Waals surface area contributed by atoms with Crippen molar-refractivity contribution in [2.45, 2.75) is 39.7 Å². The van der Waals surface area contributed by atoms with Gasteiger partial charge in [0, 0.05) is 12.6 Å². The third-order valence-corrected chi connectivity index (χ3v) is 4.23. The first kappa shape index (κ1) is 18.5. The second-order valence-corrected chi connectivity index (χ2v) is 5.85. The van der Waals surface area contributed by atoms with Gasteiger partial charge in [-0.2, -0.15) is 0 Å². The molecule has 0 fully saturated rings. The lowest BCUT2D eigenvalue weighted by Gasteiger charge is -2.15. The van der Waals surface area contributed by atoms with E-state index in [2.05, 4.69) is 10.0 Å². The fourth-order valence-corrected chi connectivity index (χ4v) is 2.96. The summed E-state index contributed by atoms with van der Waals surface area (Å²) in [6.45, 7) is 6.46. The average Bonchev–Trinajstić information content (AvgIpc) is 2.22. The monoisotopic (exact) mass is 272 g/mol. The van der Waals surface area contributed by atoms with Crippen molar-refractivity contribution in [2.24, 2.45) is 5.92 Å². The second kappa shape index (κ2) is 9.22. The minimum atomic E-state index is -3.10. The fourth-order valence-electron chi connectivity index (χ4n) is 1.25. The van der Waals surface area contributed by atoms with Gasteiger partial charge in [-0.1, -0.05) is 26.7 Å². The first-order valence-corrected chi connectivity index (χ1v) is 7.25. The Balaban J connectivity index is 0. The minimum absolute atomic E-state index is 0. The van der Waals surface area contributed by atoms with E-state index in [0.717, 1.165) is 12.8 Å². The van der Waals surface area contributed by atoms with Crippen molar-refractivity contribution < 1.29 is 8.42 Å². The van der Waals surface area contributed by atoms with Crippen molar-refractivity contribution >= 4 is 22.4 Å². The highest BCUT2D eigenvalue weighted by Crippen LogP contribution is 2.09. The number of sulfonamides is 1. The third-order valence-electron chi connectivity index (χ3n) is 2.71. The smallest absolute Gasteiger partial charge is 0.211 e. The van der Waals surface area contributed by atoms with Crippen molar-refractivity contribution in [2.75, 3.05) is 19.3 Å². The van der Waals surface area contributed by atoms with Crippen LogP contribution >= 0.6 is 12.4 Å². The van der Waals surface area contributed by atoms with Crippen LogP contribution in [0.3, 0.4) is 0 Å². The van der Waals surface area contributed by atoms with Crippen LogP contribution in [0.25, 0.3) is 0 Å². The zero-order valence-corrected chi connectivity index (χ0v) is 12.2. The van der Waals surface area contributed by atoms with Crippen molar-refractivity contribution in [3.63, 3.8) is 0 Å². The van der Waals surface area contributed by atoms with Gasteiger partial charge < -0.3 is 5.32 Å².